The maximum Gasteiger partial charge on any atom is 0.264 e. The van der Waals surface area contributed by atoms with Crippen molar-refractivity contribution >= 4 is 35.7 Å². The van der Waals surface area contributed by atoms with Crippen molar-refractivity contribution in [3.05, 3.63) is 45.0 Å². The van der Waals surface area contributed by atoms with E-state index in [1.165, 1.54) is 13.1 Å². The minimum atomic E-state index is -0.558. The predicted octanol–water partition coefficient (Wildman–Crippen LogP) is 1.85. The standard InChI is InChI=1S/C13H12N4O3S/c1-7(18)15-10-5-3-2-4-9(10)14-6-8-11(19)16-13(21)17-12(8)20/h2-6H,1H3,(H,15,18)(H3,16,17,19,20,21). The summed E-state index contributed by atoms with van der Waals surface area (Å²) < 4.78 is 0.0216. The number of rotatable bonds is 3. The molecule has 21 heavy (non-hydrogen) atoms. The third kappa shape index (κ3) is 3.63. The summed E-state index contributed by atoms with van der Waals surface area (Å²) in [4.78, 5) is 31.7. The van der Waals surface area contributed by atoms with Gasteiger partial charge < -0.3 is 15.4 Å². The number of amides is 1. The highest BCUT2D eigenvalue weighted by Crippen LogP contribution is 2.24. The van der Waals surface area contributed by atoms with Gasteiger partial charge in [0.2, 0.25) is 11.8 Å². The van der Waals surface area contributed by atoms with Crippen LogP contribution in [0.1, 0.15) is 12.5 Å². The highest BCUT2D eigenvalue weighted by Gasteiger charge is 2.06. The van der Waals surface area contributed by atoms with Gasteiger partial charge in [-0.1, -0.05) is 12.1 Å². The van der Waals surface area contributed by atoms with Gasteiger partial charge in [-0.2, -0.15) is 0 Å². The van der Waals surface area contributed by atoms with Gasteiger partial charge in [-0.3, -0.25) is 19.6 Å². The molecule has 4 N–H and O–H groups in total. The molecule has 0 spiro atoms. The van der Waals surface area contributed by atoms with Crippen LogP contribution in [0.25, 0.3) is 0 Å². The molecule has 1 amide bonds. The molecule has 0 saturated heterocycles. The maximum absolute atomic E-state index is 11.7. The number of aromatic hydroxyl groups is 1. The Labute approximate surface area is 124 Å². The molecule has 0 unspecified atom stereocenters. The SMILES string of the molecule is CC(=O)Nc1ccccc1N=Cc1c(O)[nH]c(=S)[nH]c1=O. The van der Waals surface area contributed by atoms with Crippen molar-refractivity contribution in [2.24, 2.45) is 4.99 Å². The number of nitrogens with zero attached hydrogens (tertiary/aromatic N) is 1. The van der Waals surface area contributed by atoms with E-state index in [2.05, 4.69) is 20.3 Å². The molecule has 7 nitrogen and oxygen atoms in total. The van der Waals surface area contributed by atoms with Crippen LogP contribution in [0, 0.1) is 4.77 Å². The van der Waals surface area contributed by atoms with Gasteiger partial charge in [-0.15, -0.1) is 0 Å². The van der Waals surface area contributed by atoms with Crippen LogP contribution in [-0.2, 0) is 4.79 Å². The summed E-state index contributed by atoms with van der Waals surface area (Å²) in [5, 5.41) is 12.3. The number of H-pyrrole nitrogens is 2. The lowest BCUT2D eigenvalue weighted by molar-refractivity contribution is -0.114. The Kier molecular flexibility index (Phi) is 4.29. The number of anilines is 1. The summed E-state index contributed by atoms with van der Waals surface area (Å²) in [6.07, 6.45) is 1.19. The summed E-state index contributed by atoms with van der Waals surface area (Å²) in [7, 11) is 0. The van der Waals surface area contributed by atoms with E-state index in [1.807, 2.05) is 0 Å². The summed E-state index contributed by atoms with van der Waals surface area (Å²) in [5.74, 6) is -0.605. The largest absolute Gasteiger partial charge is 0.494 e. The first-order chi connectivity index (χ1) is 9.97. The van der Waals surface area contributed by atoms with Crippen LogP contribution in [0.15, 0.2) is 34.1 Å². The lowest BCUT2D eigenvalue weighted by Crippen LogP contribution is -2.13. The topological polar surface area (TPSA) is 110 Å². The molecule has 2 rings (SSSR count). The Balaban J connectivity index is 2.41. The van der Waals surface area contributed by atoms with E-state index in [9.17, 15) is 14.7 Å². The summed E-state index contributed by atoms with van der Waals surface area (Å²) in [6.45, 7) is 1.38. The molecule has 2 aromatic rings. The minimum Gasteiger partial charge on any atom is -0.494 e. The number of benzene rings is 1. The molecule has 0 aliphatic rings. The molecule has 8 heteroatoms. The normalized spacial score (nSPS) is 10.7. The van der Waals surface area contributed by atoms with E-state index in [-0.39, 0.29) is 22.1 Å². The monoisotopic (exact) mass is 304 g/mol. The Hall–Kier alpha value is -2.74. The first-order valence-electron chi connectivity index (χ1n) is 5.93. The van der Waals surface area contributed by atoms with Crippen molar-refractivity contribution in [2.75, 3.05) is 5.32 Å². The van der Waals surface area contributed by atoms with E-state index in [1.54, 1.807) is 24.3 Å². The molecular weight excluding hydrogens is 292 g/mol. The first kappa shape index (κ1) is 14.7. The number of carbonyl (C=O) groups is 1. The second kappa shape index (κ2) is 6.14. The van der Waals surface area contributed by atoms with Gasteiger partial charge in [0.1, 0.15) is 5.56 Å². The van der Waals surface area contributed by atoms with Crippen molar-refractivity contribution in [3.8, 4) is 5.88 Å². The van der Waals surface area contributed by atoms with Gasteiger partial charge >= 0.3 is 0 Å². The number of hydrogen-bond acceptors (Lipinski definition) is 5. The third-order valence-electron chi connectivity index (χ3n) is 2.51. The fraction of sp³-hybridized carbons (Fsp3) is 0.0769. The Morgan fingerprint density at radius 2 is 2.10 bits per heavy atom. The van der Waals surface area contributed by atoms with Crippen molar-refractivity contribution in [1.82, 2.24) is 9.97 Å². The van der Waals surface area contributed by atoms with Crippen LogP contribution in [0.3, 0.4) is 0 Å². The van der Waals surface area contributed by atoms with Crippen molar-refractivity contribution in [1.29, 1.82) is 0 Å². The van der Waals surface area contributed by atoms with Gasteiger partial charge in [0.25, 0.3) is 5.56 Å². The lowest BCUT2D eigenvalue weighted by atomic mass is 10.2. The number of nitrogens with one attached hydrogen (secondary N) is 3. The highest BCUT2D eigenvalue weighted by molar-refractivity contribution is 7.71. The molecule has 0 bridgehead atoms. The van der Waals surface area contributed by atoms with Crippen LogP contribution < -0.4 is 10.9 Å². The smallest absolute Gasteiger partial charge is 0.264 e. The van der Waals surface area contributed by atoms with Gasteiger partial charge in [0, 0.05) is 13.1 Å². The van der Waals surface area contributed by atoms with Gasteiger partial charge in [-0.05, 0) is 24.4 Å². The molecule has 0 fully saturated rings. The molecule has 0 saturated carbocycles. The number of carbonyl (C=O) groups excluding carboxylic acids is 1. The van der Waals surface area contributed by atoms with Crippen LogP contribution in [-0.4, -0.2) is 27.2 Å². The van der Waals surface area contributed by atoms with Gasteiger partial charge in [0.05, 0.1) is 11.4 Å². The zero-order valence-electron chi connectivity index (χ0n) is 11.0. The van der Waals surface area contributed by atoms with Crippen LogP contribution in [0.4, 0.5) is 11.4 Å². The fourth-order valence-corrected chi connectivity index (χ4v) is 1.81. The van der Waals surface area contributed by atoms with Crippen LogP contribution in [0.5, 0.6) is 5.88 Å². The third-order valence-corrected chi connectivity index (χ3v) is 2.71. The Bertz CT molecular complexity index is 823. The lowest BCUT2D eigenvalue weighted by Gasteiger charge is -2.05. The average molecular weight is 304 g/mol. The summed E-state index contributed by atoms with van der Waals surface area (Å²) >= 11 is 4.73. The summed E-state index contributed by atoms with van der Waals surface area (Å²) in [6, 6.07) is 6.82. The summed E-state index contributed by atoms with van der Waals surface area (Å²) in [5.41, 5.74) is 0.341. The van der Waals surface area contributed by atoms with E-state index >= 15 is 0 Å². The zero-order chi connectivity index (χ0) is 15.4. The van der Waals surface area contributed by atoms with E-state index < -0.39 is 5.56 Å². The number of aromatic nitrogens is 2. The second-order valence-corrected chi connectivity index (χ2v) is 4.54. The zero-order valence-corrected chi connectivity index (χ0v) is 11.8. The van der Waals surface area contributed by atoms with Crippen LogP contribution >= 0.6 is 12.2 Å². The molecular formula is C13H12N4O3S. The van der Waals surface area contributed by atoms with E-state index in [0.29, 0.717) is 11.4 Å². The molecule has 1 aromatic heterocycles. The van der Waals surface area contributed by atoms with Crippen LogP contribution in [0.2, 0.25) is 0 Å². The molecule has 1 aromatic carbocycles. The van der Waals surface area contributed by atoms with E-state index in [0.717, 1.165) is 0 Å². The molecule has 1 heterocycles. The predicted molar refractivity (Wildman–Crippen MR) is 81.9 cm³/mol. The van der Waals surface area contributed by atoms with Crippen molar-refractivity contribution < 1.29 is 9.90 Å². The first-order valence-corrected chi connectivity index (χ1v) is 6.34. The maximum atomic E-state index is 11.7. The Morgan fingerprint density at radius 3 is 2.76 bits per heavy atom. The molecule has 0 aliphatic heterocycles. The van der Waals surface area contributed by atoms with Gasteiger partial charge in [0.15, 0.2) is 4.77 Å². The number of aliphatic imine (C=N–C) groups is 1. The number of aromatic amines is 2. The highest BCUT2D eigenvalue weighted by atomic mass is 32.1. The molecule has 0 aliphatic carbocycles. The van der Waals surface area contributed by atoms with Crippen molar-refractivity contribution in [2.45, 2.75) is 6.92 Å². The average Bonchev–Trinajstić information content (AvgIpc) is 2.38. The minimum absolute atomic E-state index is 0.0216. The second-order valence-electron chi connectivity index (χ2n) is 4.13. The van der Waals surface area contributed by atoms with Crippen molar-refractivity contribution in [3.63, 3.8) is 0 Å². The molecule has 0 radical (unpaired) electrons. The number of para-hydroxylation sites is 2. The fourth-order valence-electron chi connectivity index (χ4n) is 1.62. The quantitative estimate of drug-likeness (QED) is 0.512. The molecule has 0 atom stereocenters. The molecule has 108 valence electrons. The Morgan fingerprint density at radius 1 is 1.38 bits per heavy atom. The van der Waals surface area contributed by atoms with E-state index in [4.69, 9.17) is 12.2 Å². The number of hydrogen-bond donors (Lipinski definition) is 4. The van der Waals surface area contributed by atoms with Gasteiger partial charge in [-0.25, -0.2) is 0 Å².